The van der Waals surface area contributed by atoms with Crippen molar-refractivity contribution < 1.29 is 0 Å². The molecule has 27 heavy (non-hydrogen) atoms. The van der Waals surface area contributed by atoms with E-state index < -0.39 is 0 Å². The van der Waals surface area contributed by atoms with Gasteiger partial charge in [0.15, 0.2) is 0 Å². The first-order valence-electron chi connectivity index (χ1n) is 10.0. The summed E-state index contributed by atoms with van der Waals surface area (Å²) in [7, 11) is -0.294. The molecule has 0 N–H and O–H groups in total. The minimum Gasteiger partial charge on any atom is -0.0721 e. The first kappa shape index (κ1) is 18.9. The highest BCUT2D eigenvalue weighted by Gasteiger charge is 2.32. The summed E-state index contributed by atoms with van der Waals surface area (Å²) >= 11 is 0. The third-order valence-corrected chi connectivity index (χ3v) is 11.5. The van der Waals surface area contributed by atoms with Crippen molar-refractivity contribution in [2.45, 2.75) is 37.5 Å². The average molecular weight is 390 g/mol. The summed E-state index contributed by atoms with van der Waals surface area (Å²) in [6, 6.07) is 33.8. The Balaban J connectivity index is 1.58. The van der Waals surface area contributed by atoms with Gasteiger partial charge in [0.25, 0.3) is 0 Å². The summed E-state index contributed by atoms with van der Waals surface area (Å²) in [6.45, 7) is 2.50. The molecule has 2 heteroatoms. The van der Waals surface area contributed by atoms with Gasteiger partial charge in [0.2, 0.25) is 0 Å². The van der Waals surface area contributed by atoms with Gasteiger partial charge in [-0.1, -0.05) is 106 Å². The van der Waals surface area contributed by atoms with Gasteiger partial charge in [0.1, 0.15) is 0 Å². The lowest BCUT2D eigenvalue weighted by Gasteiger charge is -2.30. The second-order valence-corrected chi connectivity index (χ2v) is 12.7. The normalized spacial score (nSPS) is 20.7. The van der Waals surface area contributed by atoms with Gasteiger partial charge < -0.3 is 0 Å². The third-order valence-electron chi connectivity index (χ3n) is 5.59. The predicted octanol–water partition coefficient (Wildman–Crippen LogP) is 5.87. The second-order valence-electron chi connectivity index (χ2n) is 7.45. The van der Waals surface area contributed by atoms with E-state index in [1.165, 1.54) is 36.0 Å². The second kappa shape index (κ2) is 9.14. The standard InChI is InChI=1S/C25H28P2/c1-21(20-25-18-11-19-26(25)22-12-5-2-6-13-22)27(23-14-7-3-8-15-23)24-16-9-4-10-17-24/h2-10,12-17,21,25H,11,18-20H2,1H3/t21-,25+,26-/m0/s1. The van der Waals surface area contributed by atoms with Gasteiger partial charge in [-0.05, 0) is 60.6 Å². The van der Waals surface area contributed by atoms with Crippen LogP contribution in [0.3, 0.4) is 0 Å². The summed E-state index contributed by atoms with van der Waals surface area (Å²) in [5.74, 6) is 0. The Morgan fingerprint density at radius 2 is 1.33 bits per heavy atom. The van der Waals surface area contributed by atoms with Crippen molar-refractivity contribution in [1.29, 1.82) is 0 Å². The van der Waals surface area contributed by atoms with Gasteiger partial charge in [0, 0.05) is 0 Å². The van der Waals surface area contributed by atoms with E-state index in [0.717, 1.165) is 5.66 Å². The highest BCUT2D eigenvalue weighted by Crippen LogP contribution is 2.53. The Morgan fingerprint density at radius 1 is 0.815 bits per heavy atom. The minimum atomic E-state index is -0.306. The van der Waals surface area contributed by atoms with Gasteiger partial charge in [-0.25, -0.2) is 0 Å². The number of hydrogen-bond donors (Lipinski definition) is 0. The third kappa shape index (κ3) is 4.51. The van der Waals surface area contributed by atoms with E-state index in [4.69, 9.17) is 0 Å². The summed E-state index contributed by atoms with van der Waals surface area (Å²) in [5, 5.41) is 4.66. The largest absolute Gasteiger partial charge is 0.0721 e. The van der Waals surface area contributed by atoms with Gasteiger partial charge in [-0.3, -0.25) is 0 Å². The minimum absolute atomic E-state index is 0.0116. The summed E-state index contributed by atoms with van der Waals surface area (Å²) < 4.78 is 0. The molecule has 1 heterocycles. The number of hydrogen-bond acceptors (Lipinski definition) is 0. The van der Waals surface area contributed by atoms with Crippen molar-refractivity contribution in [3.63, 3.8) is 0 Å². The fourth-order valence-electron chi connectivity index (χ4n) is 4.37. The highest BCUT2D eigenvalue weighted by molar-refractivity contribution is 7.73. The summed E-state index contributed by atoms with van der Waals surface area (Å²) in [5.41, 5.74) is 1.59. The fourth-order valence-corrected chi connectivity index (χ4v) is 10.5. The zero-order chi connectivity index (χ0) is 18.5. The van der Waals surface area contributed by atoms with E-state index >= 15 is 0 Å². The molecule has 0 aromatic heterocycles. The van der Waals surface area contributed by atoms with Crippen molar-refractivity contribution in [1.82, 2.24) is 0 Å². The van der Waals surface area contributed by atoms with Crippen LogP contribution in [0, 0.1) is 0 Å². The van der Waals surface area contributed by atoms with Crippen molar-refractivity contribution in [2.75, 3.05) is 6.16 Å². The van der Waals surface area contributed by atoms with Crippen LogP contribution in [-0.2, 0) is 0 Å². The molecule has 0 unspecified atom stereocenters. The molecular formula is C25H28P2. The van der Waals surface area contributed by atoms with E-state index in [1.54, 1.807) is 5.30 Å². The molecule has 1 saturated heterocycles. The lowest BCUT2D eigenvalue weighted by Crippen LogP contribution is -2.23. The van der Waals surface area contributed by atoms with Crippen LogP contribution >= 0.6 is 15.8 Å². The van der Waals surface area contributed by atoms with Gasteiger partial charge in [-0.15, -0.1) is 0 Å². The topological polar surface area (TPSA) is 0 Å². The van der Waals surface area contributed by atoms with Crippen LogP contribution < -0.4 is 15.9 Å². The maximum atomic E-state index is 2.50. The lowest BCUT2D eigenvalue weighted by atomic mass is 10.2. The predicted molar refractivity (Wildman–Crippen MR) is 124 cm³/mol. The molecule has 1 fully saturated rings. The molecule has 3 atom stereocenters. The Hall–Kier alpha value is -1.48. The molecular weight excluding hydrogens is 362 g/mol. The summed E-state index contributed by atoms with van der Waals surface area (Å²) in [4.78, 5) is 0. The summed E-state index contributed by atoms with van der Waals surface area (Å²) in [6.07, 6.45) is 5.60. The number of benzene rings is 3. The molecule has 3 aromatic rings. The van der Waals surface area contributed by atoms with Gasteiger partial charge in [0.05, 0.1) is 0 Å². The first-order valence-corrected chi connectivity index (χ1v) is 13.0. The van der Waals surface area contributed by atoms with Crippen LogP contribution in [0.25, 0.3) is 0 Å². The van der Waals surface area contributed by atoms with Crippen molar-refractivity contribution in [2.24, 2.45) is 0 Å². The molecule has 1 aliphatic rings. The Labute approximate surface area is 166 Å². The smallest absolute Gasteiger partial charge is 0.0151 e. The molecule has 3 aromatic carbocycles. The van der Waals surface area contributed by atoms with E-state index in [2.05, 4.69) is 97.9 Å². The van der Waals surface area contributed by atoms with E-state index in [9.17, 15) is 0 Å². The van der Waals surface area contributed by atoms with Crippen molar-refractivity contribution >= 4 is 31.8 Å². The molecule has 138 valence electrons. The van der Waals surface area contributed by atoms with Gasteiger partial charge in [-0.2, -0.15) is 0 Å². The molecule has 0 radical (unpaired) electrons. The zero-order valence-electron chi connectivity index (χ0n) is 16.0. The van der Waals surface area contributed by atoms with Crippen LogP contribution in [0.15, 0.2) is 91.0 Å². The first-order chi connectivity index (χ1) is 13.3. The van der Waals surface area contributed by atoms with Crippen molar-refractivity contribution in [3.05, 3.63) is 91.0 Å². The van der Waals surface area contributed by atoms with Crippen LogP contribution in [-0.4, -0.2) is 17.5 Å². The maximum absolute atomic E-state index is 2.50. The molecule has 0 nitrogen and oxygen atoms in total. The highest BCUT2D eigenvalue weighted by atomic mass is 31.1. The fraction of sp³-hybridized carbons (Fsp3) is 0.280. The maximum Gasteiger partial charge on any atom is -0.0151 e. The van der Waals surface area contributed by atoms with Crippen LogP contribution in [0.4, 0.5) is 0 Å². The Bertz CT molecular complexity index is 777. The van der Waals surface area contributed by atoms with Gasteiger partial charge >= 0.3 is 0 Å². The Kier molecular flexibility index (Phi) is 6.39. The van der Waals surface area contributed by atoms with Crippen LogP contribution in [0.2, 0.25) is 0 Å². The van der Waals surface area contributed by atoms with E-state index in [-0.39, 0.29) is 15.8 Å². The van der Waals surface area contributed by atoms with Crippen molar-refractivity contribution in [3.8, 4) is 0 Å². The molecule has 0 amide bonds. The van der Waals surface area contributed by atoms with E-state index in [0.29, 0.717) is 5.66 Å². The average Bonchev–Trinajstić information content (AvgIpc) is 3.18. The zero-order valence-corrected chi connectivity index (χ0v) is 17.8. The Morgan fingerprint density at radius 3 is 1.89 bits per heavy atom. The van der Waals surface area contributed by atoms with Crippen LogP contribution in [0.5, 0.6) is 0 Å². The molecule has 4 rings (SSSR count). The van der Waals surface area contributed by atoms with Crippen LogP contribution in [0.1, 0.15) is 26.2 Å². The molecule has 1 aliphatic heterocycles. The molecule has 0 saturated carbocycles. The molecule has 0 aliphatic carbocycles. The molecule has 0 spiro atoms. The monoisotopic (exact) mass is 390 g/mol. The molecule has 0 bridgehead atoms. The SMILES string of the molecule is C[C@@H](C[C@H]1CCC[P@@]1c1ccccc1)P(c1ccccc1)c1ccccc1. The quantitative estimate of drug-likeness (QED) is 0.462. The van der Waals surface area contributed by atoms with E-state index in [1.807, 2.05) is 0 Å². The number of rotatable bonds is 6. The lowest BCUT2D eigenvalue weighted by molar-refractivity contribution is 0.706.